The molecule has 0 fully saturated rings. The van der Waals surface area contributed by atoms with E-state index in [1.54, 1.807) is 0 Å². The lowest BCUT2D eigenvalue weighted by Crippen LogP contribution is -2.24. The van der Waals surface area contributed by atoms with Gasteiger partial charge in [-0.25, -0.2) is 0 Å². The van der Waals surface area contributed by atoms with Crippen LogP contribution in [-0.2, 0) is 12.8 Å². The fourth-order valence-corrected chi connectivity index (χ4v) is 2.34. The third-order valence-electron chi connectivity index (χ3n) is 2.98. The molecule has 0 saturated heterocycles. The zero-order valence-electron chi connectivity index (χ0n) is 10.2. The molecular formula is C14H19ClO. The Morgan fingerprint density at radius 1 is 1.44 bits per heavy atom. The minimum absolute atomic E-state index is 0.0506. The molecule has 0 aromatic heterocycles. The van der Waals surface area contributed by atoms with Crippen LogP contribution in [-0.4, -0.2) is 11.0 Å². The number of aryl methyl sites for hydroxylation is 1. The topological polar surface area (TPSA) is 9.23 Å². The number of para-hydroxylation sites is 1. The summed E-state index contributed by atoms with van der Waals surface area (Å²) in [5.74, 6) is 1.10. The molecule has 0 bridgehead atoms. The lowest BCUT2D eigenvalue weighted by atomic mass is 9.99. The lowest BCUT2D eigenvalue weighted by molar-refractivity contribution is 0.137. The van der Waals surface area contributed by atoms with Gasteiger partial charge in [-0.05, 0) is 44.7 Å². The Morgan fingerprint density at radius 2 is 2.19 bits per heavy atom. The summed E-state index contributed by atoms with van der Waals surface area (Å²) in [6.45, 7) is 6.32. The largest absolute Gasteiger partial charge is 0.487 e. The van der Waals surface area contributed by atoms with Gasteiger partial charge in [0.05, 0.1) is 0 Å². The van der Waals surface area contributed by atoms with Crippen LogP contribution in [0.5, 0.6) is 5.75 Å². The van der Waals surface area contributed by atoms with Gasteiger partial charge in [0.25, 0.3) is 0 Å². The molecule has 0 radical (unpaired) electrons. The number of benzene rings is 1. The highest BCUT2D eigenvalue weighted by Gasteiger charge is 2.31. The third-order valence-corrected chi connectivity index (χ3v) is 3.20. The number of halogens is 1. The first kappa shape index (κ1) is 11.8. The Morgan fingerprint density at radius 3 is 2.88 bits per heavy atom. The predicted molar refractivity (Wildman–Crippen MR) is 68.5 cm³/mol. The Bertz CT molecular complexity index is 382. The fraction of sp³-hybridized carbons (Fsp3) is 0.571. The first-order chi connectivity index (χ1) is 7.48. The summed E-state index contributed by atoms with van der Waals surface area (Å²) in [7, 11) is 0. The predicted octanol–water partition coefficient (Wildman–Crippen LogP) is 3.96. The van der Waals surface area contributed by atoms with Crippen LogP contribution in [0.15, 0.2) is 18.2 Å². The van der Waals surface area contributed by atoms with E-state index in [1.807, 2.05) is 6.92 Å². The molecule has 0 saturated carbocycles. The summed E-state index contributed by atoms with van der Waals surface area (Å²) in [5.41, 5.74) is 2.59. The quantitative estimate of drug-likeness (QED) is 0.725. The molecule has 16 heavy (non-hydrogen) atoms. The van der Waals surface area contributed by atoms with Gasteiger partial charge in [-0.15, -0.1) is 11.6 Å². The van der Waals surface area contributed by atoms with Gasteiger partial charge in [-0.1, -0.05) is 18.2 Å². The van der Waals surface area contributed by atoms with Gasteiger partial charge in [0, 0.05) is 11.8 Å². The molecule has 1 nitrogen and oxygen atoms in total. The molecule has 0 N–H and O–H groups in total. The average molecular weight is 239 g/mol. The maximum atomic E-state index is 6.01. The molecule has 1 heterocycles. The maximum absolute atomic E-state index is 6.01. The molecule has 1 atom stereocenters. The summed E-state index contributed by atoms with van der Waals surface area (Å²) < 4.78 is 6.01. The van der Waals surface area contributed by atoms with Crippen LogP contribution >= 0.6 is 11.6 Å². The first-order valence-corrected chi connectivity index (χ1v) is 6.35. The zero-order chi connectivity index (χ0) is 11.8. The lowest BCUT2D eigenvalue weighted by Gasteiger charge is -2.18. The number of rotatable bonds is 3. The highest BCUT2D eigenvalue weighted by atomic mass is 35.5. The van der Waals surface area contributed by atoms with Gasteiger partial charge in [0.2, 0.25) is 0 Å². The monoisotopic (exact) mass is 238 g/mol. The molecule has 0 spiro atoms. The number of ether oxygens (including phenoxy) is 1. The molecule has 0 amide bonds. The van der Waals surface area contributed by atoms with Crippen LogP contribution in [0.25, 0.3) is 0 Å². The van der Waals surface area contributed by atoms with Crippen LogP contribution < -0.4 is 4.74 Å². The Labute approximate surface area is 103 Å². The molecule has 1 aliphatic rings. The summed E-state index contributed by atoms with van der Waals surface area (Å²) >= 11 is 5.99. The van der Waals surface area contributed by atoms with Crippen molar-refractivity contribution >= 4 is 11.6 Å². The van der Waals surface area contributed by atoms with Crippen LogP contribution in [0.3, 0.4) is 0 Å². The maximum Gasteiger partial charge on any atom is 0.126 e. The van der Waals surface area contributed by atoms with E-state index in [9.17, 15) is 0 Å². The first-order valence-electron chi connectivity index (χ1n) is 5.92. The molecule has 0 aliphatic carbocycles. The van der Waals surface area contributed by atoms with Gasteiger partial charge in [-0.2, -0.15) is 0 Å². The van der Waals surface area contributed by atoms with Gasteiger partial charge in [0.15, 0.2) is 0 Å². The second kappa shape index (κ2) is 4.29. The van der Waals surface area contributed by atoms with Crippen molar-refractivity contribution in [1.29, 1.82) is 0 Å². The van der Waals surface area contributed by atoms with E-state index in [4.69, 9.17) is 16.3 Å². The van der Waals surface area contributed by atoms with E-state index < -0.39 is 0 Å². The van der Waals surface area contributed by atoms with Gasteiger partial charge in [-0.3, -0.25) is 0 Å². The third kappa shape index (κ3) is 2.52. The molecule has 1 aromatic carbocycles. The standard InChI is InChI=1S/C14H19ClO/c1-10(15)7-8-11-5-4-6-12-9-14(2,3)16-13(11)12/h4-6,10H,7-9H2,1-3H3. The number of alkyl halides is 1. The summed E-state index contributed by atoms with van der Waals surface area (Å²) in [5, 5.41) is 0.227. The van der Waals surface area contributed by atoms with Gasteiger partial charge in [0.1, 0.15) is 11.4 Å². The van der Waals surface area contributed by atoms with Crippen molar-refractivity contribution in [2.45, 2.75) is 51.0 Å². The molecule has 2 rings (SSSR count). The Balaban J connectivity index is 2.20. The van der Waals surface area contributed by atoms with Crippen LogP contribution in [0.2, 0.25) is 0 Å². The Hall–Kier alpha value is -0.690. The van der Waals surface area contributed by atoms with E-state index in [0.717, 1.165) is 25.0 Å². The molecule has 2 heteroatoms. The number of fused-ring (bicyclic) bond motifs is 1. The molecular weight excluding hydrogens is 220 g/mol. The molecule has 1 aliphatic heterocycles. The van der Waals surface area contributed by atoms with Gasteiger partial charge >= 0.3 is 0 Å². The zero-order valence-corrected chi connectivity index (χ0v) is 11.0. The summed E-state index contributed by atoms with van der Waals surface area (Å²) in [6, 6.07) is 6.44. The number of hydrogen-bond acceptors (Lipinski definition) is 1. The van der Waals surface area contributed by atoms with E-state index in [1.165, 1.54) is 11.1 Å². The van der Waals surface area contributed by atoms with Crippen molar-refractivity contribution in [3.63, 3.8) is 0 Å². The highest BCUT2D eigenvalue weighted by molar-refractivity contribution is 6.20. The van der Waals surface area contributed by atoms with E-state index in [0.29, 0.717) is 0 Å². The summed E-state index contributed by atoms with van der Waals surface area (Å²) in [6.07, 6.45) is 3.01. The minimum Gasteiger partial charge on any atom is -0.487 e. The van der Waals surface area contributed by atoms with Crippen LogP contribution in [0.1, 0.15) is 38.3 Å². The highest BCUT2D eigenvalue weighted by Crippen LogP contribution is 2.38. The van der Waals surface area contributed by atoms with Crippen LogP contribution in [0.4, 0.5) is 0 Å². The smallest absolute Gasteiger partial charge is 0.126 e. The molecule has 88 valence electrons. The van der Waals surface area contributed by atoms with Crippen LogP contribution in [0, 0.1) is 0 Å². The fourth-order valence-electron chi connectivity index (χ4n) is 2.23. The van der Waals surface area contributed by atoms with Gasteiger partial charge < -0.3 is 4.74 Å². The number of hydrogen-bond donors (Lipinski definition) is 0. The van der Waals surface area contributed by atoms with E-state index in [2.05, 4.69) is 32.0 Å². The van der Waals surface area contributed by atoms with Crippen molar-refractivity contribution in [1.82, 2.24) is 0 Å². The second-order valence-corrected chi connectivity index (χ2v) is 6.01. The molecule has 1 aromatic rings. The molecule has 1 unspecified atom stereocenters. The van der Waals surface area contributed by atoms with Crippen molar-refractivity contribution in [3.8, 4) is 5.75 Å². The van der Waals surface area contributed by atoms with E-state index >= 15 is 0 Å². The Kier molecular flexibility index (Phi) is 3.16. The summed E-state index contributed by atoms with van der Waals surface area (Å²) in [4.78, 5) is 0. The minimum atomic E-state index is -0.0506. The van der Waals surface area contributed by atoms with E-state index in [-0.39, 0.29) is 11.0 Å². The van der Waals surface area contributed by atoms with Crippen molar-refractivity contribution in [2.24, 2.45) is 0 Å². The van der Waals surface area contributed by atoms with Crippen molar-refractivity contribution < 1.29 is 4.74 Å². The van der Waals surface area contributed by atoms with Crippen molar-refractivity contribution in [2.75, 3.05) is 0 Å². The average Bonchev–Trinajstić information content (AvgIpc) is 2.48. The SMILES string of the molecule is CC(Cl)CCc1cccc2c1OC(C)(C)C2. The normalized spacial score (nSPS) is 19.0. The second-order valence-electron chi connectivity index (χ2n) is 5.26. The van der Waals surface area contributed by atoms with Crippen molar-refractivity contribution in [3.05, 3.63) is 29.3 Å².